The van der Waals surface area contributed by atoms with Gasteiger partial charge in [-0.05, 0) is 67.2 Å². The van der Waals surface area contributed by atoms with E-state index in [9.17, 15) is 0 Å². The van der Waals surface area contributed by atoms with Gasteiger partial charge in [-0.15, -0.1) is 0 Å². The number of halogens is 1. The number of aromatic nitrogens is 6. The summed E-state index contributed by atoms with van der Waals surface area (Å²) in [5, 5.41) is 11.9. The van der Waals surface area contributed by atoms with Crippen LogP contribution in [0.5, 0.6) is 0 Å². The number of hydrogen-bond acceptors (Lipinski definition) is 6. The third kappa shape index (κ3) is 4.00. The molecule has 2 N–H and O–H groups in total. The van der Waals surface area contributed by atoms with Crippen LogP contribution in [0.3, 0.4) is 0 Å². The number of fused-ring (bicyclic) bond motifs is 2. The molecule has 0 bridgehead atoms. The van der Waals surface area contributed by atoms with E-state index in [2.05, 4.69) is 30.0 Å². The molecule has 6 aromatic rings. The highest BCUT2D eigenvalue weighted by molar-refractivity contribution is 7.08. The lowest BCUT2D eigenvalue weighted by atomic mass is 10.0. The Morgan fingerprint density at radius 3 is 2.76 bits per heavy atom. The topological polar surface area (TPSA) is 86.4 Å². The molecule has 37 heavy (non-hydrogen) atoms. The predicted molar refractivity (Wildman–Crippen MR) is 145 cm³/mol. The third-order valence-corrected chi connectivity index (χ3v) is 7.73. The Bertz CT molecular complexity index is 1710. The Kier molecular flexibility index (Phi) is 5.52. The van der Waals surface area contributed by atoms with Gasteiger partial charge in [0.25, 0.3) is 0 Å². The lowest BCUT2D eigenvalue weighted by Gasteiger charge is -2.26. The van der Waals surface area contributed by atoms with E-state index in [0.717, 1.165) is 53.1 Å². The molecule has 1 aliphatic rings. The highest BCUT2D eigenvalue weighted by Gasteiger charge is 2.21. The van der Waals surface area contributed by atoms with E-state index in [1.807, 2.05) is 41.2 Å². The fourth-order valence-corrected chi connectivity index (χ4v) is 5.86. The van der Waals surface area contributed by atoms with Gasteiger partial charge < -0.3 is 4.98 Å². The molecule has 0 radical (unpaired) electrons. The maximum Gasteiger partial charge on any atom is 0.159 e. The number of imidazole rings is 1. The van der Waals surface area contributed by atoms with Crippen molar-refractivity contribution < 1.29 is 4.39 Å². The molecule has 184 valence electrons. The molecule has 1 fully saturated rings. The average molecular weight is 510 g/mol. The minimum Gasteiger partial charge on any atom is -0.336 e. The minimum atomic E-state index is -0.338. The summed E-state index contributed by atoms with van der Waals surface area (Å²) in [6.45, 7) is 3.04. The molecule has 0 amide bonds. The van der Waals surface area contributed by atoms with Gasteiger partial charge in [0.1, 0.15) is 17.0 Å². The van der Waals surface area contributed by atoms with Gasteiger partial charge in [-0.25, -0.2) is 9.37 Å². The van der Waals surface area contributed by atoms with Crippen molar-refractivity contribution in [1.29, 1.82) is 0 Å². The Labute approximate surface area is 216 Å². The van der Waals surface area contributed by atoms with Gasteiger partial charge in [0.2, 0.25) is 0 Å². The van der Waals surface area contributed by atoms with Gasteiger partial charge >= 0.3 is 0 Å². The van der Waals surface area contributed by atoms with Crippen LogP contribution < -0.4 is 0 Å². The first kappa shape index (κ1) is 22.3. The fourth-order valence-electron chi connectivity index (χ4n) is 5.22. The molecule has 1 aliphatic heterocycles. The summed E-state index contributed by atoms with van der Waals surface area (Å²) in [4.78, 5) is 19.5. The molecule has 0 saturated carbocycles. The van der Waals surface area contributed by atoms with Gasteiger partial charge in [0.15, 0.2) is 5.82 Å². The Morgan fingerprint density at radius 2 is 1.89 bits per heavy atom. The van der Waals surface area contributed by atoms with Gasteiger partial charge in [-0.1, -0.05) is 6.42 Å². The highest BCUT2D eigenvalue weighted by atomic mass is 32.1. The molecule has 0 spiro atoms. The molecule has 0 unspecified atom stereocenters. The van der Waals surface area contributed by atoms with Gasteiger partial charge in [0.05, 0.1) is 22.1 Å². The van der Waals surface area contributed by atoms with Crippen molar-refractivity contribution >= 4 is 33.3 Å². The predicted octanol–water partition coefficient (Wildman–Crippen LogP) is 6.42. The largest absolute Gasteiger partial charge is 0.336 e. The number of thiophene rings is 1. The molecule has 1 aromatic carbocycles. The second-order valence-electron chi connectivity index (χ2n) is 9.49. The molecule has 0 atom stereocenters. The number of piperidine rings is 1. The SMILES string of the molecule is Fc1c(-c2cncc(CN3CCCCC3)c2)ccc2[nH]nc(-c3nc4c(-c5ccsc5)nccc4[nH]3)c12. The summed E-state index contributed by atoms with van der Waals surface area (Å²) < 4.78 is 16.1. The summed E-state index contributed by atoms with van der Waals surface area (Å²) in [6.07, 6.45) is 9.12. The first-order valence-corrected chi connectivity index (χ1v) is 13.4. The number of rotatable bonds is 5. The normalized spacial score (nSPS) is 14.6. The van der Waals surface area contributed by atoms with Crippen molar-refractivity contribution in [3.63, 3.8) is 0 Å². The highest BCUT2D eigenvalue weighted by Crippen LogP contribution is 2.35. The zero-order chi connectivity index (χ0) is 24.8. The summed E-state index contributed by atoms with van der Waals surface area (Å²) in [5.41, 5.74) is 6.77. The van der Waals surface area contributed by atoms with Crippen LogP contribution in [0.2, 0.25) is 0 Å². The van der Waals surface area contributed by atoms with E-state index in [1.165, 1.54) is 19.3 Å². The number of benzene rings is 1. The molecule has 9 heteroatoms. The van der Waals surface area contributed by atoms with Crippen molar-refractivity contribution in [3.05, 3.63) is 71.1 Å². The van der Waals surface area contributed by atoms with Crippen molar-refractivity contribution in [3.8, 4) is 33.9 Å². The van der Waals surface area contributed by atoms with E-state index in [-0.39, 0.29) is 5.82 Å². The summed E-state index contributed by atoms with van der Waals surface area (Å²) >= 11 is 1.61. The maximum atomic E-state index is 16.1. The van der Waals surface area contributed by atoms with Gasteiger partial charge in [0, 0.05) is 47.2 Å². The molecule has 6 heterocycles. The average Bonchev–Trinajstić information content (AvgIpc) is 3.69. The van der Waals surface area contributed by atoms with E-state index in [1.54, 1.807) is 29.8 Å². The zero-order valence-electron chi connectivity index (χ0n) is 20.0. The lowest BCUT2D eigenvalue weighted by Crippen LogP contribution is -2.29. The van der Waals surface area contributed by atoms with Crippen LogP contribution >= 0.6 is 11.3 Å². The third-order valence-electron chi connectivity index (χ3n) is 7.05. The molecule has 7 nitrogen and oxygen atoms in total. The quantitative estimate of drug-likeness (QED) is 0.280. The Balaban J connectivity index is 1.30. The van der Waals surface area contributed by atoms with Crippen LogP contribution in [-0.2, 0) is 6.54 Å². The zero-order valence-corrected chi connectivity index (χ0v) is 20.9. The molecular weight excluding hydrogens is 485 g/mol. The number of hydrogen-bond donors (Lipinski definition) is 2. The second-order valence-corrected chi connectivity index (χ2v) is 10.3. The van der Waals surface area contributed by atoms with Gasteiger partial charge in [-0.2, -0.15) is 16.4 Å². The molecule has 1 saturated heterocycles. The van der Waals surface area contributed by atoms with Crippen molar-refractivity contribution in [2.75, 3.05) is 13.1 Å². The first-order chi connectivity index (χ1) is 18.2. The van der Waals surface area contributed by atoms with Crippen LogP contribution in [-0.4, -0.2) is 48.1 Å². The van der Waals surface area contributed by atoms with Crippen LogP contribution in [0.15, 0.2) is 59.7 Å². The van der Waals surface area contributed by atoms with E-state index < -0.39 is 0 Å². The number of nitrogens with zero attached hydrogens (tertiary/aromatic N) is 5. The number of H-pyrrole nitrogens is 2. The molecule has 7 rings (SSSR count). The van der Waals surface area contributed by atoms with Crippen molar-refractivity contribution in [2.24, 2.45) is 0 Å². The van der Waals surface area contributed by atoms with Crippen LogP contribution in [0.4, 0.5) is 4.39 Å². The fraction of sp³-hybridized carbons (Fsp3) is 0.214. The smallest absolute Gasteiger partial charge is 0.159 e. The van der Waals surface area contributed by atoms with Gasteiger partial charge in [-0.3, -0.25) is 20.0 Å². The van der Waals surface area contributed by atoms with Crippen LogP contribution in [0.25, 0.3) is 55.8 Å². The van der Waals surface area contributed by atoms with Crippen LogP contribution in [0, 0.1) is 5.82 Å². The first-order valence-electron chi connectivity index (χ1n) is 12.5. The molecular formula is C28H24FN7S. The number of pyridine rings is 2. The maximum absolute atomic E-state index is 16.1. The summed E-state index contributed by atoms with van der Waals surface area (Å²) in [6, 6.07) is 9.59. The molecule has 0 aliphatic carbocycles. The minimum absolute atomic E-state index is 0.338. The van der Waals surface area contributed by atoms with Crippen molar-refractivity contribution in [2.45, 2.75) is 25.8 Å². The Morgan fingerprint density at radius 1 is 0.973 bits per heavy atom. The van der Waals surface area contributed by atoms with E-state index in [0.29, 0.717) is 28.0 Å². The van der Waals surface area contributed by atoms with Crippen molar-refractivity contribution in [1.82, 2.24) is 35.0 Å². The summed E-state index contributed by atoms with van der Waals surface area (Å²) in [7, 11) is 0. The Hall–Kier alpha value is -3.95. The number of likely N-dealkylation sites (tertiary alicyclic amines) is 1. The number of nitrogens with one attached hydrogen (secondary N) is 2. The lowest BCUT2D eigenvalue weighted by molar-refractivity contribution is 0.220. The van der Waals surface area contributed by atoms with E-state index in [4.69, 9.17) is 4.98 Å². The van der Waals surface area contributed by atoms with Crippen LogP contribution in [0.1, 0.15) is 24.8 Å². The monoisotopic (exact) mass is 509 g/mol. The van der Waals surface area contributed by atoms with E-state index >= 15 is 4.39 Å². The second kappa shape index (κ2) is 9.17. The standard InChI is InChI=1S/C28H24FN7S/c29-24-20(19-12-17(13-30-14-19)15-36-9-2-1-3-10-36)4-5-21-23(24)27(35-34-21)28-32-22-6-8-31-25(26(22)33-28)18-7-11-37-16-18/h4-8,11-14,16H,1-3,9-10,15H2,(H,32,33)(H,34,35). The molecule has 5 aromatic heterocycles. The summed E-state index contributed by atoms with van der Waals surface area (Å²) in [5.74, 6) is 0.161. The number of aromatic amines is 2.